The third-order valence-electron chi connectivity index (χ3n) is 4.01. The summed E-state index contributed by atoms with van der Waals surface area (Å²) >= 11 is 6.02. The standard InChI is InChI=1S/C15H23ClN2O3S/c1-17(10-11-18-8-4-3-5-9-18)22(19,20)13-6-7-15(21-2)14(16)12-13/h6-7,12H,3-5,8-11H2,1-2H3. The van der Waals surface area contributed by atoms with E-state index in [1.165, 1.54) is 42.8 Å². The van der Waals surface area contributed by atoms with Crippen LogP contribution in [0.2, 0.25) is 5.02 Å². The monoisotopic (exact) mass is 346 g/mol. The third-order valence-corrected chi connectivity index (χ3v) is 6.16. The van der Waals surface area contributed by atoms with Crippen LogP contribution in [0.25, 0.3) is 0 Å². The molecule has 5 nitrogen and oxygen atoms in total. The fourth-order valence-corrected chi connectivity index (χ4v) is 4.08. The highest BCUT2D eigenvalue weighted by Gasteiger charge is 2.22. The van der Waals surface area contributed by atoms with Gasteiger partial charge in [-0.1, -0.05) is 18.0 Å². The highest BCUT2D eigenvalue weighted by Crippen LogP contribution is 2.28. The van der Waals surface area contributed by atoms with Gasteiger partial charge in [-0.05, 0) is 44.1 Å². The van der Waals surface area contributed by atoms with Gasteiger partial charge in [0.05, 0.1) is 17.0 Å². The lowest BCUT2D eigenvalue weighted by Gasteiger charge is -2.28. The van der Waals surface area contributed by atoms with Crippen molar-refractivity contribution in [1.29, 1.82) is 0 Å². The van der Waals surface area contributed by atoms with Gasteiger partial charge in [0, 0.05) is 20.1 Å². The lowest BCUT2D eigenvalue weighted by atomic mass is 10.1. The molecule has 0 radical (unpaired) electrons. The Morgan fingerprint density at radius 1 is 1.27 bits per heavy atom. The van der Waals surface area contributed by atoms with Gasteiger partial charge in [-0.25, -0.2) is 8.42 Å². The van der Waals surface area contributed by atoms with E-state index in [2.05, 4.69) is 4.90 Å². The van der Waals surface area contributed by atoms with E-state index in [-0.39, 0.29) is 4.90 Å². The predicted octanol–water partition coefficient (Wildman–Crippen LogP) is 2.46. The Balaban J connectivity index is 2.03. The van der Waals surface area contributed by atoms with Gasteiger partial charge < -0.3 is 9.64 Å². The van der Waals surface area contributed by atoms with Gasteiger partial charge in [-0.3, -0.25) is 0 Å². The molecule has 124 valence electrons. The van der Waals surface area contributed by atoms with Crippen LogP contribution in [0.1, 0.15) is 19.3 Å². The number of likely N-dealkylation sites (N-methyl/N-ethyl adjacent to an activating group) is 1. The minimum Gasteiger partial charge on any atom is -0.495 e. The number of benzene rings is 1. The molecular formula is C15H23ClN2O3S. The number of likely N-dealkylation sites (tertiary alicyclic amines) is 1. The first-order chi connectivity index (χ1) is 10.4. The molecule has 0 N–H and O–H groups in total. The molecule has 0 atom stereocenters. The SMILES string of the molecule is COc1ccc(S(=O)(=O)N(C)CCN2CCCCC2)cc1Cl. The number of sulfonamides is 1. The molecule has 1 aromatic carbocycles. The lowest BCUT2D eigenvalue weighted by molar-refractivity contribution is 0.218. The molecule has 1 aliphatic rings. The van der Waals surface area contributed by atoms with Crippen LogP contribution in [0.3, 0.4) is 0 Å². The summed E-state index contributed by atoms with van der Waals surface area (Å²) in [6.07, 6.45) is 3.67. The Morgan fingerprint density at radius 2 is 1.95 bits per heavy atom. The lowest BCUT2D eigenvalue weighted by Crippen LogP contribution is -2.38. The number of methoxy groups -OCH3 is 1. The summed E-state index contributed by atoms with van der Waals surface area (Å²) in [7, 11) is -0.412. The van der Waals surface area contributed by atoms with Crippen LogP contribution < -0.4 is 4.74 Å². The second kappa shape index (κ2) is 7.64. The first-order valence-corrected chi connectivity index (χ1v) is 9.29. The van der Waals surface area contributed by atoms with Gasteiger partial charge in [0.25, 0.3) is 0 Å². The molecule has 0 unspecified atom stereocenters. The summed E-state index contributed by atoms with van der Waals surface area (Å²) in [6, 6.07) is 4.54. The van der Waals surface area contributed by atoms with Crippen molar-refractivity contribution in [3.05, 3.63) is 23.2 Å². The van der Waals surface area contributed by atoms with Crippen molar-refractivity contribution in [2.75, 3.05) is 40.3 Å². The number of ether oxygens (including phenoxy) is 1. The molecular weight excluding hydrogens is 324 g/mol. The van der Waals surface area contributed by atoms with Gasteiger partial charge in [0.1, 0.15) is 5.75 Å². The van der Waals surface area contributed by atoms with E-state index >= 15 is 0 Å². The Kier molecular flexibility index (Phi) is 6.09. The van der Waals surface area contributed by atoms with Crippen molar-refractivity contribution in [1.82, 2.24) is 9.21 Å². The first kappa shape index (κ1) is 17.5. The van der Waals surface area contributed by atoms with Crippen molar-refractivity contribution < 1.29 is 13.2 Å². The Labute approximate surface area is 137 Å². The minimum absolute atomic E-state index is 0.194. The molecule has 0 spiro atoms. The molecule has 7 heteroatoms. The summed E-state index contributed by atoms with van der Waals surface area (Å²) in [5.41, 5.74) is 0. The smallest absolute Gasteiger partial charge is 0.242 e. The van der Waals surface area contributed by atoms with Crippen molar-refractivity contribution in [3.63, 3.8) is 0 Å². The molecule has 0 aliphatic carbocycles. The van der Waals surface area contributed by atoms with Crippen LogP contribution in [-0.4, -0.2) is 58.0 Å². The first-order valence-electron chi connectivity index (χ1n) is 7.47. The molecule has 1 saturated heterocycles. The highest BCUT2D eigenvalue weighted by molar-refractivity contribution is 7.89. The molecule has 0 aromatic heterocycles. The van der Waals surface area contributed by atoms with E-state index in [9.17, 15) is 8.42 Å². The Morgan fingerprint density at radius 3 is 2.55 bits per heavy atom. The van der Waals surface area contributed by atoms with Crippen molar-refractivity contribution in [3.8, 4) is 5.75 Å². The van der Waals surface area contributed by atoms with Gasteiger partial charge >= 0.3 is 0 Å². The molecule has 1 heterocycles. The molecule has 2 rings (SSSR count). The van der Waals surface area contributed by atoms with E-state index in [0.717, 1.165) is 19.6 Å². The zero-order chi connectivity index (χ0) is 16.2. The second-order valence-electron chi connectivity index (χ2n) is 5.53. The van der Waals surface area contributed by atoms with Crippen molar-refractivity contribution in [2.24, 2.45) is 0 Å². The highest BCUT2D eigenvalue weighted by atomic mass is 35.5. The van der Waals surface area contributed by atoms with Crippen LogP contribution in [0.15, 0.2) is 23.1 Å². The number of rotatable bonds is 6. The molecule has 1 aliphatic heterocycles. The molecule has 0 amide bonds. The van der Waals surface area contributed by atoms with E-state index in [1.807, 2.05) is 0 Å². The van der Waals surface area contributed by atoms with Crippen LogP contribution in [0.4, 0.5) is 0 Å². The summed E-state index contributed by atoms with van der Waals surface area (Å²) in [5.74, 6) is 0.469. The zero-order valence-electron chi connectivity index (χ0n) is 13.1. The average molecular weight is 347 g/mol. The fraction of sp³-hybridized carbons (Fsp3) is 0.600. The maximum Gasteiger partial charge on any atom is 0.242 e. The minimum atomic E-state index is -3.52. The Hall–Kier alpha value is -0.820. The number of hydrogen-bond donors (Lipinski definition) is 0. The van der Waals surface area contributed by atoms with Gasteiger partial charge in [-0.15, -0.1) is 0 Å². The third kappa shape index (κ3) is 4.13. The fourth-order valence-electron chi connectivity index (χ4n) is 2.57. The zero-order valence-corrected chi connectivity index (χ0v) is 14.7. The van der Waals surface area contributed by atoms with Gasteiger partial charge in [0.15, 0.2) is 0 Å². The quantitative estimate of drug-likeness (QED) is 0.794. The van der Waals surface area contributed by atoms with Crippen LogP contribution in [0, 0.1) is 0 Å². The maximum absolute atomic E-state index is 12.6. The molecule has 22 heavy (non-hydrogen) atoms. The summed E-state index contributed by atoms with van der Waals surface area (Å²) < 4.78 is 31.6. The maximum atomic E-state index is 12.6. The van der Waals surface area contributed by atoms with Crippen molar-refractivity contribution in [2.45, 2.75) is 24.2 Å². The van der Waals surface area contributed by atoms with Crippen LogP contribution >= 0.6 is 11.6 Å². The summed E-state index contributed by atoms with van der Waals surface area (Å²) in [4.78, 5) is 2.51. The van der Waals surface area contributed by atoms with Crippen LogP contribution in [-0.2, 0) is 10.0 Å². The van der Waals surface area contributed by atoms with E-state index < -0.39 is 10.0 Å². The largest absolute Gasteiger partial charge is 0.495 e. The average Bonchev–Trinajstić information content (AvgIpc) is 2.53. The molecule has 1 aromatic rings. The number of hydrogen-bond acceptors (Lipinski definition) is 4. The van der Waals surface area contributed by atoms with Gasteiger partial charge in [-0.2, -0.15) is 4.31 Å². The number of halogens is 1. The number of nitrogens with zero attached hydrogens (tertiary/aromatic N) is 2. The molecule has 0 saturated carbocycles. The summed E-state index contributed by atoms with van der Waals surface area (Å²) in [6.45, 7) is 3.36. The predicted molar refractivity (Wildman–Crippen MR) is 88.1 cm³/mol. The van der Waals surface area contributed by atoms with E-state index in [1.54, 1.807) is 13.1 Å². The van der Waals surface area contributed by atoms with Crippen LogP contribution in [0.5, 0.6) is 5.75 Å². The Bertz CT molecular complexity index is 601. The summed E-state index contributed by atoms with van der Waals surface area (Å²) in [5, 5.41) is 0.299. The van der Waals surface area contributed by atoms with Crippen molar-refractivity contribution >= 4 is 21.6 Å². The van der Waals surface area contributed by atoms with E-state index in [4.69, 9.17) is 16.3 Å². The normalized spacial score (nSPS) is 16.9. The van der Waals surface area contributed by atoms with E-state index in [0.29, 0.717) is 17.3 Å². The van der Waals surface area contributed by atoms with Gasteiger partial charge in [0.2, 0.25) is 10.0 Å². The second-order valence-corrected chi connectivity index (χ2v) is 7.98. The topological polar surface area (TPSA) is 49.9 Å². The number of piperidine rings is 1. The molecule has 1 fully saturated rings. The molecule has 0 bridgehead atoms.